The average molecular weight is 336 g/mol. The number of carboxylic acid groups (broad SMARTS) is 1. The molecule has 1 aliphatic rings. The molecule has 1 unspecified atom stereocenters. The third kappa shape index (κ3) is 2.67. The molecule has 0 bridgehead atoms. The second kappa shape index (κ2) is 5.63. The number of pyridine rings is 1. The van der Waals surface area contributed by atoms with E-state index < -0.39 is 5.97 Å². The molecule has 2 heterocycles. The Hall–Kier alpha value is -2.04. The molecule has 0 saturated carbocycles. The monoisotopic (exact) mass is 335 g/mol. The van der Waals surface area contributed by atoms with E-state index in [4.69, 9.17) is 27.9 Å². The van der Waals surface area contributed by atoms with E-state index in [2.05, 4.69) is 4.98 Å². The lowest BCUT2D eigenvalue weighted by atomic mass is 9.93. The summed E-state index contributed by atoms with van der Waals surface area (Å²) in [6.07, 6.45) is 3.19. The molecule has 0 aliphatic carbocycles. The zero-order valence-electron chi connectivity index (χ0n) is 11.5. The third-order valence-electron chi connectivity index (χ3n) is 3.34. The Morgan fingerprint density at radius 2 is 2.05 bits per heavy atom. The lowest BCUT2D eigenvalue weighted by Crippen LogP contribution is -2.16. The Labute approximate surface area is 137 Å². The van der Waals surface area contributed by atoms with E-state index in [0.717, 1.165) is 5.57 Å². The lowest BCUT2D eigenvalue weighted by Gasteiger charge is -2.24. The zero-order valence-corrected chi connectivity index (χ0v) is 13.0. The summed E-state index contributed by atoms with van der Waals surface area (Å²) in [7, 11) is 0. The van der Waals surface area contributed by atoms with Crippen LogP contribution in [-0.4, -0.2) is 22.2 Å². The maximum atomic E-state index is 11.2. The minimum Gasteiger partial charge on any atom is -0.486 e. The molecule has 1 aliphatic heterocycles. The molecule has 1 atom stereocenters. The van der Waals surface area contributed by atoms with Crippen LogP contribution in [0, 0.1) is 0 Å². The van der Waals surface area contributed by atoms with Gasteiger partial charge in [-0.25, -0.2) is 9.78 Å². The number of carboxylic acids is 1. The summed E-state index contributed by atoms with van der Waals surface area (Å²) in [5.41, 5.74) is 2.33. The molecule has 1 aromatic heterocycles. The van der Waals surface area contributed by atoms with Crippen molar-refractivity contribution < 1.29 is 14.6 Å². The minimum atomic E-state index is -1.00. The van der Waals surface area contributed by atoms with Crippen molar-refractivity contribution in [1.82, 2.24) is 4.98 Å². The number of aromatic carboxylic acids is 1. The SMILES string of the molecule is CC1C=C(c2cc(Cl)ncc2Cl)c2cc(C(=O)O)ccc2O1. The first-order valence-electron chi connectivity index (χ1n) is 6.53. The van der Waals surface area contributed by atoms with E-state index in [-0.39, 0.29) is 11.7 Å². The van der Waals surface area contributed by atoms with Crippen LogP contribution in [0.3, 0.4) is 0 Å². The molecule has 112 valence electrons. The number of fused-ring (bicyclic) bond motifs is 1. The molecule has 1 N–H and O–H groups in total. The number of rotatable bonds is 2. The van der Waals surface area contributed by atoms with E-state index in [1.807, 2.05) is 13.0 Å². The van der Waals surface area contributed by atoms with E-state index in [1.165, 1.54) is 12.3 Å². The van der Waals surface area contributed by atoms with Crippen molar-refractivity contribution in [2.45, 2.75) is 13.0 Å². The molecule has 4 nitrogen and oxygen atoms in total. The van der Waals surface area contributed by atoms with Crippen LogP contribution in [0.2, 0.25) is 10.2 Å². The van der Waals surface area contributed by atoms with Gasteiger partial charge in [-0.1, -0.05) is 23.2 Å². The normalized spacial score (nSPS) is 16.5. The maximum absolute atomic E-state index is 11.2. The summed E-state index contributed by atoms with van der Waals surface area (Å²) >= 11 is 12.2. The van der Waals surface area contributed by atoms with Crippen molar-refractivity contribution in [1.29, 1.82) is 0 Å². The Bertz CT molecular complexity index is 802. The van der Waals surface area contributed by atoms with Gasteiger partial charge in [0.05, 0.1) is 10.6 Å². The predicted octanol–water partition coefficient (Wildman–Crippen LogP) is 4.30. The molecule has 0 amide bonds. The van der Waals surface area contributed by atoms with Crippen LogP contribution in [0.25, 0.3) is 5.57 Å². The number of benzene rings is 1. The van der Waals surface area contributed by atoms with Gasteiger partial charge in [-0.05, 0) is 42.8 Å². The van der Waals surface area contributed by atoms with Gasteiger partial charge in [0, 0.05) is 17.3 Å². The van der Waals surface area contributed by atoms with Crippen molar-refractivity contribution in [2.75, 3.05) is 0 Å². The molecule has 0 radical (unpaired) electrons. The Morgan fingerprint density at radius 1 is 1.27 bits per heavy atom. The first-order valence-corrected chi connectivity index (χ1v) is 7.29. The second-order valence-electron chi connectivity index (χ2n) is 4.91. The smallest absolute Gasteiger partial charge is 0.335 e. The minimum absolute atomic E-state index is 0.166. The van der Waals surface area contributed by atoms with Gasteiger partial charge in [-0.15, -0.1) is 0 Å². The molecule has 22 heavy (non-hydrogen) atoms. The summed E-state index contributed by atoms with van der Waals surface area (Å²) in [5.74, 6) is -0.390. The highest BCUT2D eigenvalue weighted by atomic mass is 35.5. The fraction of sp³-hybridized carbons (Fsp3) is 0.125. The standard InChI is InChI=1S/C16H11Cl2NO3/c1-8-4-10(11-6-15(18)19-7-13(11)17)12-5-9(16(20)21)2-3-14(12)22-8/h2-8H,1H3,(H,20,21). The number of aromatic nitrogens is 1. The van der Waals surface area contributed by atoms with Crippen molar-refractivity contribution in [3.8, 4) is 5.75 Å². The lowest BCUT2D eigenvalue weighted by molar-refractivity contribution is 0.0697. The van der Waals surface area contributed by atoms with Crippen LogP contribution < -0.4 is 4.74 Å². The van der Waals surface area contributed by atoms with Crippen LogP contribution in [0.4, 0.5) is 0 Å². The molecule has 0 spiro atoms. The number of carbonyl (C=O) groups is 1. The Morgan fingerprint density at radius 3 is 2.77 bits per heavy atom. The van der Waals surface area contributed by atoms with Gasteiger partial charge in [0.25, 0.3) is 0 Å². The summed E-state index contributed by atoms with van der Waals surface area (Å²) in [5, 5.41) is 9.93. The largest absolute Gasteiger partial charge is 0.486 e. The van der Waals surface area contributed by atoms with Crippen LogP contribution in [-0.2, 0) is 0 Å². The molecule has 6 heteroatoms. The number of hydrogen-bond acceptors (Lipinski definition) is 3. The van der Waals surface area contributed by atoms with Gasteiger partial charge in [0.1, 0.15) is 17.0 Å². The topological polar surface area (TPSA) is 59.4 Å². The third-order valence-corrected chi connectivity index (χ3v) is 3.85. The van der Waals surface area contributed by atoms with E-state index in [9.17, 15) is 9.90 Å². The number of hydrogen-bond donors (Lipinski definition) is 1. The van der Waals surface area contributed by atoms with Crippen LogP contribution in [0.5, 0.6) is 5.75 Å². The van der Waals surface area contributed by atoms with Gasteiger partial charge in [0.2, 0.25) is 0 Å². The predicted molar refractivity (Wildman–Crippen MR) is 84.8 cm³/mol. The number of nitrogens with zero attached hydrogens (tertiary/aromatic N) is 1. The van der Waals surface area contributed by atoms with E-state index in [0.29, 0.717) is 27.1 Å². The molecular weight excluding hydrogens is 325 g/mol. The van der Waals surface area contributed by atoms with Crippen LogP contribution in [0.15, 0.2) is 36.5 Å². The number of ether oxygens (including phenoxy) is 1. The maximum Gasteiger partial charge on any atom is 0.335 e. The first kappa shape index (κ1) is 14.9. The quantitative estimate of drug-likeness (QED) is 0.831. The molecule has 0 saturated heterocycles. The molecule has 2 aromatic rings. The van der Waals surface area contributed by atoms with Gasteiger partial charge < -0.3 is 9.84 Å². The molecule has 0 fully saturated rings. The van der Waals surface area contributed by atoms with Gasteiger partial charge in [-0.3, -0.25) is 0 Å². The van der Waals surface area contributed by atoms with Gasteiger partial charge >= 0.3 is 5.97 Å². The van der Waals surface area contributed by atoms with Crippen molar-refractivity contribution in [2.24, 2.45) is 0 Å². The molecule has 3 rings (SSSR count). The highest BCUT2D eigenvalue weighted by Crippen LogP contribution is 2.39. The van der Waals surface area contributed by atoms with Crippen molar-refractivity contribution in [3.63, 3.8) is 0 Å². The fourth-order valence-corrected chi connectivity index (χ4v) is 2.75. The molecule has 1 aromatic carbocycles. The van der Waals surface area contributed by atoms with E-state index in [1.54, 1.807) is 18.2 Å². The van der Waals surface area contributed by atoms with Gasteiger partial charge in [0.15, 0.2) is 0 Å². The van der Waals surface area contributed by atoms with Crippen molar-refractivity contribution >= 4 is 34.7 Å². The summed E-state index contributed by atoms with van der Waals surface area (Å²) in [6.45, 7) is 1.89. The average Bonchev–Trinajstić information content (AvgIpc) is 2.48. The fourth-order valence-electron chi connectivity index (χ4n) is 2.39. The highest BCUT2D eigenvalue weighted by molar-refractivity contribution is 6.34. The zero-order chi connectivity index (χ0) is 15.9. The number of halogens is 2. The Kier molecular flexibility index (Phi) is 3.81. The van der Waals surface area contributed by atoms with E-state index >= 15 is 0 Å². The molecular formula is C16H11Cl2NO3. The summed E-state index contributed by atoms with van der Waals surface area (Å²) < 4.78 is 5.73. The van der Waals surface area contributed by atoms with Gasteiger partial charge in [-0.2, -0.15) is 0 Å². The second-order valence-corrected chi connectivity index (χ2v) is 5.70. The van der Waals surface area contributed by atoms with Crippen LogP contribution >= 0.6 is 23.2 Å². The van der Waals surface area contributed by atoms with Crippen LogP contribution in [0.1, 0.15) is 28.4 Å². The highest BCUT2D eigenvalue weighted by Gasteiger charge is 2.22. The first-order chi connectivity index (χ1) is 10.5. The summed E-state index contributed by atoms with van der Waals surface area (Å²) in [6, 6.07) is 6.39. The Balaban J connectivity index is 2.22. The summed E-state index contributed by atoms with van der Waals surface area (Å²) in [4.78, 5) is 15.1. The van der Waals surface area contributed by atoms with Crippen molar-refractivity contribution in [3.05, 3.63) is 63.4 Å².